The van der Waals surface area contributed by atoms with Gasteiger partial charge in [0.15, 0.2) is 0 Å². The summed E-state index contributed by atoms with van der Waals surface area (Å²) >= 11 is 0. The van der Waals surface area contributed by atoms with Crippen LogP contribution in [-0.2, 0) is 9.59 Å². The summed E-state index contributed by atoms with van der Waals surface area (Å²) in [6.07, 6.45) is -0.236. The summed E-state index contributed by atoms with van der Waals surface area (Å²) in [5.41, 5.74) is 0.232. The van der Waals surface area contributed by atoms with Crippen molar-refractivity contribution in [2.75, 3.05) is 30.2 Å². The Morgan fingerprint density at radius 2 is 1.88 bits per heavy atom. The number of carbonyl (C=O) groups is 2. The fourth-order valence-corrected chi connectivity index (χ4v) is 3.46. The van der Waals surface area contributed by atoms with Crippen LogP contribution < -0.4 is 31.0 Å². The van der Waals surface area contributed by atoms with Crippen molar-refractivity contribution in [3.05, 3.63) is 64.2 Å². The number of halogens is 1. The van der Waals surface area contributed by atoms with Gasteiger partial charge in [-0.25, -0.2) is 4.39 Å². The fourth-order valence-electron chi connectivity index (χ4n) is 3.46. The topological polar surface area (TPSA) is 134 Å². The lowest BCUT2D eigenvalue weighted by molar-refractivity contribution is -0.123. The van der Waals surface area contributed by atoms with E-state index in [1.54, 1.807) is 18.2 Å². The normalized spacial score (nSPS) is 14.6. The lowest BCUT2D eigenvalue weighted by Crippen LogP contribution is -2.36. The number of hydrogen-bond donors (Lipinski definition) is 4. The van der Waals surface area contributed by atoms with Crippen LogP contribution in [0.15, 0.2) is 47.3 Å². The number of carbonyl (C=O) groups excluding carboxylic acids is 2. The lowest BCUT2D eigenvalue weighted by Gasteiger charge is -2.24. The largest absolute Gasteiger partial charge is 0.497 e. The summed E-state index contributed by atoms with van der Waals surface area (Å²) in [5, 5.41) is 8.06. The number of ether oxygens (including phenoxy) is 2. The van der Waals surface area contributed by atoms with Crippen LogP contribution in [0.1, 0.15) is 17.9 Å². The van der Waals surface area contributed by atoms with E-state index in [-0.39, 0.29) is 23.8 Å². The number of anilines is 4. The van der Waals surface area contributed by atoms with Crippen molar-refractivity contribution in [1.82, 2.24) is 9.97 Å². The van der Waals surface area contributed by atoms with Gasteiger partial charge in [-0.1, -0.05) is 0 Å². The minimum atomic E-state index is -1.08. The molecule has 1 aliphatic heterocycles. The molecular formula is C22H20FN5O5. The number of nitrogens with zero attached hydrogens (tertiary/aromatic N) is 1. The van der Waals surface area contributed by atoms with Crippen LogP contribution in [0.4, 0.5) is 27.5 Å². The van der Waals surface area contributed by atoms with Crippen LogP contribution in [0, 0.1) is 5.82 Å². The Kier molecular flexibility index (Phi) is 5.94. The first kappa shape index (κ1) is 21.8. The zero-order valence-electron chi connectivity index (χ0n) is 17.7. The van der Waals surface area contributed by atoms with Gasteiger partial charge in [-0.2, -0.15) is 4.98 Å². The Balaban J connectivity index is 1.64. The summed E-state index contributed by atoms with van der Waals surface area (Å²) in [4.78, 5) is 45.0. The molecule has 4 N–H and O–H groups in total. The smallest absolute Gasteiger partial charge is 0.258 e. The summed E-state index contributed by atoms with van der Waals surface area (Å²) in [6.45, 7) is 0. The minimum Gasteiger partial charge on any atom is -0.497 e. The molecule has 10 nitrogen and oxygen atoms in total. The van der Waals surface area contributed by atoms with Crippen molar-refractivity contribution in [2.45, 2.75) is 12.3 Å². The van der Waals surface area contributed by atoms with Crippen LogP contribution in [0.3, 0.4) is 0 Å². The molecule has 2 heterocycles. The predicted molar refractivity (Wildman–Crippen MR) is 119 cm³/mol. The van der Waals surface area contributed by atoms with Crippen LogP contribution in [0.5, 0.6) is 11.5 Å². The predicted octanol–water partition coefficient (Wildman–Crippen LogP) is 2.73. The highest BCUT2D eigenvalue weighted by atomic mass is 19.1. The summed E-state index contributed by atoms with van der Waals surface area (Å²) in [5.74, 6) is -1.67. The average molecular weight is 453 g/mol. The molecule has 0 aliphatic carbocycles. The molecule has 3 aromatic rings. The second-order valence-corrected chi connectivity index (χ2v) is 7.17. The highest BCUT2D eigenvalue weighted by molar-refractivity contribution is 6.05. The van der Waals surface area contributed by atoms with Gasteiger partial charge >= 0.3 is 0 Å². The molecule has 0 saturated heterocycles. The van der Waals surface area contributed by atoms with Gasteiger partial charge in [0, 0.05) is 18.2 Å². The van der Waals surface area contributed by atoms with Crippen LogP contribution in [0.2, 0.25) is 0 Å². The van der Waals surface area contributed by atoms with E-state index in [0.717, 1.165) is 0 Å². The number of benzene rings is 2. The van der Waals surface area contributed by atoms with Crippen molar-refractivity contribution >= 4 is 35.0 Å². The molecule has 2 aromatic carbocycles. The van der Waals surface area contributed by atoms with E-state index in [1.165, 1.54) is 38.5 Å². The molecule has 33 heavy (non-hydrogen) atoms. The molecule has 4 rings (SSSR count). The Morgan fingerprint density at radius 1 is 1.12 bits per heavy atom. The number of rotatable bonds is 6. The Morgan fingerprint density at radius 3 is 2.58 bits per heavy atom. The van der Waals surface area contributed by atoms with E-state index in [1.807, 2.05) is 0 Å². The van der Waals surface area contributed by atoms with E-state index >= 15 is 0 Å². The monoisotopic (exact) mass is 453 g/mol. The first-order valence-corrected chi connectivity index (χ1v) is 9.87. The van der Waals surface area contributed by atoms with Crippen LogP contribution in [-0.4, -0.2) is 36.0 Å². The van der Waals surface area contributed by atoms with E-state index in [2.05, 4.69) is 25.9 Å². The van der Waals surface area contributed by atoms with E-state index in [0.29, 0.717) is 22.9 Å². The lowest BCUT2D eigenvalue weighted by atomic mass is 9.92. The third-order valence-corrected chi connectivity index (χ3v) is 5.04. The highest BCUT2D eigenvalue weighted by Gasteiger charge is 2.35. The average Bonchev–Trinajstić information content (AvgIpc) is 2.79. The van der Waals surface area contributed by atoms with E-state index in [4.69, 9.17) is 9.47 Å². The number of hydrogen-bond acceptors (Lipinski definition) is 7. The first-order valence-electron chi connectivity index (χ1n) is 9.87. The quantitative estimate of drug-likeness (QED) is 0.451. The Hall–Kier alpha value is -4.41. The molecule has 170 valence electrons. The zero-order valence-corrected chi connectivity index (χ0v) is 17.7. The van der Waals surface area contributed by atoms with Gasteiger partial charge < -0.3 is 25.4 Å². The third kappa shape index (κ3) is 4.61. The van der Waals surface area contributed by atoms with Crippen molar-refractivity contribution in [1.29, 1.82) is 0 Å². The molecule has 0 bridgehead atoms. The number of methoxy groups -OCH3 is 2. The molecule has 1 aromatic heterocycles. The second-order valence-electron chi connectivity index (χ2n) is 7.17. The standard InChI is InChI=1S/C22H20FN5O5/c1-32-13-7-8-16(33-2)15(9-13)25-20(30)14-10-17(29)26-19-18(14)21(31)28-22(27-19)24-12-5-3-11(23)4-6-12/h3-9,14H,10H2,1-2H3,(H,25,30)(H3,24,26,27,28,29,31). The number of nitrogens with one attached hydrogen (secondary N) is 4. The molecule has 0 saturated carbocycles. The Bertz CT molecular complexity index is 1280. The molecule has 2 amide bonds. The molecule has 1 unspecified atom stereocenters. The maximum absolute atomic E-state index is 13.1. The highest BCUT2D eigenvalue weighted by Crippen LogP contribution is 2.33. The molecule has 11 heteroatoms. The fraction of sp³-hybridized carbons (Fsp3) is 0.182. The molecular weight excluding hydrogens is 433 g/mol. The number of H-pyrrole nitrogens is 1. The van der Waals surface area contributed by atoms with Gasteiger partial charge in [0.2, 0.25) is 17.8 Å². The van der Waals surface area contributed by atoms with Crippen LogP contribution >= 0.6 is 0 Å². The van der Waals surface area contributed by atoms with E-state index < -0.39 is 29.1 Å². The Labute approximate surface area is 187 Å². The molecule has 1 aliphatic rings. The van der Waals surface area contributed by atoms with Crippen molar-refractivity contribution in [3.8, 4) is 11.5 Å². The number of fused-ring (bicyclic) bond motifs is 1. The van der Waals surface area contributed by atoms with Crippen LogP contribution in [0.25, 0.3) is 0 Å². The molecule has 0 fully saturated rings. The SMILES string of the molecule is COc1ccc(OC)c(NC(=O)C2CC(=O)Nc3nc(Nc4ccc(F)cc4)[nH]c(=O)c32)c1. The summed E-state index contributed by atoms with van der Waals surface area (Å²) in [7, 11) is 2.93. The van der Waals surface area contributed by atoms with Gasteiger partial charge in [-0.15, -0.1) is 0 Å². The minimum absolute atomic E-state index is 0.0265. The van der Waals surface area contributed by atoms with Crippen molar-refractivity contribution < 1.29 is 23.5 Å². The summed E-state index contributed by atoms with van der Waals surface area (Å²) < 4.78 is 23.6. The number of aromatic nitrogens is 2. The molecule has 1 atom stereocenters. The zero-order chi connectivity index (χ0) is 23.5. The number of aromatic amines is 1. The van der Waals surface area contributed by atoms with Gasteiger partial charge in [0.05, 0.1) is 31.4 Å². The maximum atomic E-state index is 13.1. The molecule has 0 spiro atoms. The van der Waals surface area contributed by atoms with E-state index in [9.17, 15) is 18.8 Å². The van der Waals surface area contributed by atoms with Crippen molar-refractivity contribution in [2.24, 2.45) is 0 Å². The molecule has 0 radical (unpaired) electrons. The van der Waals surface area contributed by atoms with Gasteiger partial charge in [0.1, 0.15) is 23.1 Å². The van der Waals surface area contributed by atoms with Gasteiger partial charge in [-0.3, -0.25) is 19.4 Å². The first-order chi connectivity index (χ1) is 15.9. The maximum Gasteiger partial charge on any atom is 0.258 e. The second kappa shape index (κ2) is 8.99. The number of amides is 2. The third-order valence-electron chi connectivity index (χ3n) is 5.04. The van der Waals surface area contributed by atoms with Crippen molar-refractivity contribution in [3.63, 3.8) is 0 Å². The van der Waals surface area contributed by atoms with Gasteiger partial charge in [-0.05, 0) is 36.4 Å². The summed E-state index contributed by atoms with van der Waals surface area (Å²) in [6, 6.07) is 10.3. The van der Waals surface area contributed by atoms with Gasteiger partial charge in [0.25, 0.3) is 5.56 Å².